The van der Waals surface area contributed by atoms with E-state index in [-0.39, 0.29) is 11.8 Å². The Labute approximate surface area is 106 Å². The number of carbonyl (C=O) groups excluding carboxylic acids is 1. The van der Waals surface area contributed by atoms with Gasteiger partial charge in [0, 0.05) is 17.9 Å². The van der Waals surface area contributed by atoms with E-state index in [2.05, 4.69) is 47.8 Å². The van der Waals surface area contributed by atoms with Crippen molar-refractivity contribution in [2.24, 2.45) is 5.92 Å². The lowest BCUT2D eigenvalue weighted by Gasteiger charge is -2.24. The summed E-state index contributed by atoms with van der Waals surface area (Å²) in [5.74, 6) is 1.01. The van der Waals surface area contributed by atoms with E-state index in [1.807, 2.05) is 0 Å². The van der Waals surface area contributed by atoms with Crippen LogP contribution in [0.25, 0.3) is 10.8 Å². The van der Waals surface area contributed by atoms with E-state index in [1.165, 1.54) is 16.3 Å². The van der Waals surface area contributed by atoms with Gasteiger partial charge in [0.2, 0.25) is 5.91 Å². The van der Waals surface area contributed by atoms with Crippen molar-refractivity contribution in [3.05, 3.63) is 48.0 Å². The summed E-state index contributed by atoms with van der Waals surface area (Å²) in [4.78, 5) is 11.6. The van der Waals surface area contributed by atoms with Crippen molar-refractivity contribution in [1.29, 1.82) is 0 Å². The summed E-state index contributed by atoms with van der Waals surface area (Å²) in [5, 5.41) is 5.76. The van der Waals surface area contributed by atoms with Crippen LogP contribution in [-0.2, 0) is 4.79 Å². The molecule has 1 amide bonds. The van der Waals surface area contributed by atoms with E-state index in [9.17, 15) is 4.79 Å². The zero-order valence-electron chi connectivity index (χ0n) is 10.1. The highest BCUT2D eigenvalue weighted by Crippen LogP contribution is 2.44. The van der Waals surface area contributed by atoms with Gasteiger partial charge in [0.25, 0.3) is 0 Å². The van der Waals surface area contributed by atoms with Gasteiger partial charge in [-0.05, 0) is 29.2 Å². The standard InChI is InChI=1S/C16H15NO/c18-16-11-8-14(15(9-11)17-16)13-7-3-5-10-4-1-2-6-12(10)13/h1-7,11,14-15H,8-9H2,(H,17,18)/t11-,14+,15-/m0/s1. The van der Waals surface area contributed by atoms with Gasteiger partial charge in [0.15, 0.2) is 0 Å². The second kappa shape index (κ2) is 3.58. The molecule has 90 valence electrons. The fourth-order valence-corrected chi connectivity index (χ4v) is 3.63. The Morgan fingerprint density at radius 2 is 1.83 bits per heavy atom. The number of nitrogens with one attached hydrogen (secondary N) is 1. The van der Waals surface area contributed by atoms with Gasteiger partial charge in [-0.3, -0.25) is 4.79 Å². The maximum Gasteiger partial charge on any atom is 0.223 e. The monoisotopic (exact) mass is 237 g/mol. The normalized spacial score (nSPS) is 29.8. The second-order valence-electron chi connectivity index (χ2n) is 5.46. The van der Waals surface area contributed by atoms with Crippen LogP contribution in [0.4, 0.5) is 0 Å². The minimum Gasteiger partial charge on any atom is -0.352 e. The van der Waals surface area contributed by atoms with Crippen LogP contribution in [0.15, 0.2) is 42.5 Å². The van der Waals surface area contributed by atoms with Gasteiger partial charge < -0.3 is 5.32 Å². The number of amides is 1. The minimum absolute atomic E-state index is 0.249. The predicted octanol–water partition coefficient (Wildman–Crippen LogP) is 2.83. The van der Waals surface area contributed by atoms with Gasteiger partial charge in [-0.25, -0.2) is 0 Å². The molecule has 0 unspecified atom stereocenters. The van der Waals surface area contributed by atoms with Gasteiger partial charge in [-0.1, -0.05) is 42.5 Å². The molecule has 1 saturated carbocycles. The van der Waals surface area contributed by atoms with Gasteiger partial charge in [-0.15, -0.1) is 0 Å². The summed E-state index contributed by atoms with van der Waals surface area (Å²) >= 11 is 0. The fourth-order valence-electron chi connectivity index (χ4n) is 3.63. The zero-order valence-corrected chi connectivity index (χ0v) is 10.1. The molecule has 1 heterocycles. The van der Waals surface area contributed by atoms with Gasteiger partial charge in [0.1, 0.15) is 0 Å². The number of fused-ring (bicyclic) bond motifs is 3. The Bertz CT molecular complexity index is 629. The smallest absolute Gasteiger partial charge is 0.223 e. The molecule has 2 aromatic carbocycles. The SMILES string of the molecule is O=C1N[C@H]2C[C@@H]1C[C@@H]2c1cccc2ccccc12. The molecule has 1 saturated heterocycles. The number of benzene rings is 2. The molecule has 2 aliphatic rings. The number of carbonyl (C=O) groups is 1. The maximum absolute atomic E-state index is 11.6. The van der Waals surface area contributed by atoms with Crippen LogP contribution in [-0.4, -0.2) is 11.9 Å². The summed E-state index contributed by atoms with van der Waals surface area (Å²) < 4.78 is 0. The first-order chi connectivity index (χ1) is 8.83. The van der Waals surface area contributed by atoms with Crippen molar-refractivity contribution in [3.8, 4) is 0 Å². The highest BCUT2D eigenvalue weighted by atomic mass is 16.2. The van der Waals surface area contributed by atoms with Crippen LogP contribution in [0.1, 0.15) is 24.3 Å². The fraction of sp³-hybridized carbons (Fsp3) is 0.312. The molecule has 0 spiro atoms. The van der Waals surface area contributed by atoms with Crippen LogP contribution in [0, 0.1) is 5.92 Å². The quantitative estimate of drug-likeness (QED) is 0.812. The summed E-state index contributed by atoms with van der Waals surface area (Å²) in [7, 11) is 0. The van der Waals surface area contributed by atoms with E-state index < -0.39 is 0 Å². The maximum atomic E-state index is 11.6. The molecular formula is C16H15NO. The van der Waals surface area contributed by atoms with Gasteiger partial charge in [0.05, 0.1) is 0 Å². The molecule has 0 radical (unpaired) electrons. The third-order valence-electron chi connectivity index (χ3n) is 4.48. The summed E-state index contributed by atoms with van der Waals surface area (Å²) in [6.45, 7) is 0. The molecule has 0 aromatic heterocycles. The molecular weight excluding hydrogens is 222 g/mol. The summed E-state index contributed by atoms with van der Waals surface area (Å²) in [5.41, 5.74) is 1.40. The van der Waals surface area contributed by atoms with Crippen molar-refractivity contribution < 1.29 is 4.79 Å². The molecule has 1 aliphatic heterocycles. The Morgan fingerprint density at radius 3 is 2.61 bits per heavy atom. The molecule has 2 fully saturated rings. The third kappa shape index (κ3) is 1.32. The second-order valence-corrected chi connectivity index (χ2v) is 5.46. The van der Waals surface area contributed by atoms with Crippen molar-refractivity contribution in [2.45, 2.75) is 24.8 Å². The molecule has 4 rings (SSSR count). The molecule has 2 nitrogen and oxygen atoms in total. The third-order valence-corrected chi connectivity index (χ3v) is 4.48. The number of rotatable bonds is 1. The van der Waals surface area contributed by atoms with Crippen LogP contribution in [0.5, 0.6) is 0 Å². The van der Waals surface area contributed by atoms with E-state index in [1.54, 1.807) is 0 Å². The lowest BCUT2D eigenvalue weighted by Crippen LogP contribution is -2.35. The molecule has 18 heavy (non-hydrogen) atoms. The first kappa shape index (κ1) is 10.1. The van der Waals surface area contributed by atoms with Crippen molar-refractivity contribution in [3.63, 3.8) is 0 Å². The Morgan fingerprint density at radius 1 is 1.00 bits per heavy atom. The molecule has 2 aromatic rings. The average Bonchev–Trinajstić information content (AvgIpc) is 2.97. The average molecular weight is 237 g/mol. The van der Waals surface area contributed by atoms with Crippen LogP contribution < -0.4 is 5.32 Å². The van der Waals surface area contributed by atoms with Gasteiger partial charge >= 0.3 is 0 Å². The van der Waals surface area contributed by atoms with E-state index in [0.29, 0.717) is 12.0 Å². The molecule has 1 aliphatic carbocycles. The van der Waals surface area contributed by atoms with Crippen LogP contribution in [0.3, 0.4) is 0 Å². The largest absolute Gasteiger partial charge is 0.352 e. The molecule has 1 N–H and O–H groups in total. The Kier molecular flexibility index (Phi) is 2.01. The lowest BCUT2D eigenvalue weighted by molar-refractivity contribution is -0.123. The van der Waals surface area contributed by atoms with Crippen LogP contribution >= 0.6 is 0 Å². The highest BCUT2D eigenvalue weighted by Gasteiger charge is 2.45. The van der Waals surface area contributed by atoms with Crippen molar-refractivity contribution in [1.82, 2.24) is 5.32 Å². The van der Waals surface area contributed by atoms with Crippen molar-refractivity contribution in [2.75, 3.05) is 0 Å². The lowest BCUT2D eigenvalue weighted by atomic mass is 9.88. The molecule has 3 atom stereocenters. The van der Waals surface area contributed by atoms with Crippen molar-refractivity contribution >= 4 is 16.7 Å². The summed E-state index contributed by atoms with van der Waals surface area (Å²) in [6.07, 6.45) is 2.04. The molecule has 2 bridgehead atoms. The number of hydrogen-bond acceptors (Lipinski definition) is 1. The minimum atomic E-state index is 0.249. The van der Waals surface area contributed by atoms with Crippen LogP contribution in [0.2, 0.25) is 0 Å². The topological polar surface area (TPSA) is 29.1 Å². The number of hydrogen-bond donors (Lipinski definition) is 1. The molecule has 2 heteroatoms. The zero-order chi connectivity index (χ0) is 12.1. The first-order valence-corrected chi connectivity index (χ1v) is 6.61. The highest BCUT2D eigenvalue weighted by molar-refractivity contribution is 5.88. The number of piperidine rings is 1. The van der Waals surface area contributed by atoms with Gasteiger partial charge in [-0.2, -0.15) is 0 Å². The van der Waals surface area contributed by atoms with E-state index in [4.69, 9.17) is 0 Å². The predicted molar refractivity (Wildman–Crippen MR) is 71.3 cm³/mol. The van der Waals surface area contributed by atoms with E-state index >= 15 is 0 Å². The Hall–Kier alpha value is -1.83. The van der Waals surface area contributed by atoms with E-state index in [0.717, 1.165) is 12.8 Å². The first-order valence-electron chi connectivity index (χ1n) is 6.61. The Balaban J connectivity index is 1.82. The summed E-state index contributed by atoms with van der Waals surface area (Å²) in [6, 6.07) is 15.4.